The predicted octanol–water partition coefficient (Wildman–Crippen LogP) is 3.98. The fourth-order valence-corrected chi connectivity index (χ4v) is 2.68. The number of nitrogen functional groups attached to an aromatic ring is 1. The van der Waals surface area contributed by atoms with Gasteiger partial charge in [-0.25, -0.2) is 15.0 Å². The van der Waals surface area contributed by atoms with Crippen LogP contribution in [0.3, 0.4) is 0 Å². The molecule has 1 unspecified atom stereocenters. The number of anilines is 1. The lowest BCUT2D eigenvalue weighted by Crippen LogP contribution is -2.06. The lowest BCUT2D eigenvalue weighted by Gasteiger charge is -2.12. The monoisotopic (exact) mass is 334 g/mol. The van der Waals surface area contributed by atoms with Gasteiger partial charge in [0.2, 0.25) is 5.95 Å². The second-order valence-corrected chi connectivity index (χ2v) is 5.85. The maximum Gasteiger partial charge on any atom is 0.417 e. The molecule has 4 nitrogen and oxygen atoms in total. The number of pyridine rings is 1. The molecule has 0 amide bonds. The molecule has 0 aliphatic heterocycles. The molecule has 0 saturated heterocycles. The molecule has 1 atom stereocenters. The number of halogens is 4. The summed E-state index contributed by atoms with van der Waals surface area (Å²) < 4.78 is 37.6. The third-order valence-electron chi connectivity index (χ3n) is 2.54. The van der Waals surface area contributed by atoms with Crippen LogP contribution >= 0.6 is 23.4 Å². The number of thioether (sulfide) groups is 1. The van der Waals surface area contributed by atoms with Gasteiger partial charge >= 0.3 is 6.18 Å². The van der Waals surface area contributed by atoms with Crippen molar-refractivity contribution in [1.29, 1.82) is 0 Å². The normalized spacial score (nSPS) is 13.2. The van der Waals surface area contributed by atoms with E-state index in [1.54, 1.807) is 6.07 Å². The van der Waals surface area contributed by atoms with Gasteiger partial charge in [-0.2, -0.15) is 13.2 Å². The van der Waals surface area contributed by atoms with E-state index in [2.05, 4.69) is 15.0 Å². The number of rotatable bonds is 3. The molecule has 2 aromatic rings. The summed E-state index contributed by atoms with van der Waals surface area (Å²) in [6.07, 6.45) is -2.20. The van der Waals surface area contributed by atoms with E-state index in [0.29, 0.717) is 10.7 Å². The van der Waals surface area contributed by atoms with E-state index in [0.717, 1.165) is 12.3 Å². The van der Waals surface area contributed by atoms with Crippen molar-refractivity contribution in [1.82, 2.24) is 15.0 Å². The van der Waals surface area contributed by atoms with E-state index < -0.39 is 11.7 Å². The third kappa shape index (κ3) is 3.98. The van der Waals surface area contributed by atoms with E-state index >= 15 is 0 Å². The van der Waals surface area contributed by atoms with Gasteiger partial charge in [0.25, 0.3) is 0 Å². The Bertz CT molecular complexity index is 651. The Balaban J connectivity index is 2.20. The first-order valence-corrected chi connectivity index (χ1v) is 7.01. The molecular formula is C12H10ClF3N4S. The van der Waals surface area contributed by atoms with Crippen LogP contribution < -0.4 is 5.73 Å². The van der Waals surface area contributed by atoms with Crippen LogP contribution in [0, 0.1) is 0 Å². The lowest BCUT2D eigenvalue weighted by atomic mass is 10.3. The first-order valence-electron chi connectivity index (χ1n) is 5.75. The largest absolute Gasteiger partial charge is 0.417 e. The van der Waals surface area contributed by atoms with E-state index in [-0.39, 0.29) is 16.2 Å². The summed E-state index contributed by atoms with van der Waals surface area (Å²) >= 11 is 7.05. The van der Waals surface area contributed by atoms with Crippen molar-refractivity contribution < 1.29 is 13.2 Å². The average Bonchev–Trinajstić information content (AvgIpc) is 2.39. The molecule has 2 heterocycles. The predicted molar refractivity (Wildman–Crippen MR) is 75.0 cm³/mol. The molecule has 2 N–H and O–H groups in total. The van der Waals surface area contributed by atoms with Crippen LogP contribution in [0.15, 0.2) is 29.6 Å². The molecule has 9 heteroatoms. The van der Waals surface area contributed by atoms with Gasteiger partial charge in [0, 0.05) is 12.4 Å². The Kier molecular flexibility index (Phi) is 4.58. The standard InChI is InChI=1S/C12H10ClF3N4S/c1-6(9-2-3-18-11(17)20-9)21-10-8(13)4-7(5-19-10)12(14,15)16/h2-6H,1H3,(H2,17,18,20). The maximum atomic E-state index is 12.5. The first-order chi connectivity index (χ1) is 9.77. The number of alkyl halides is 3. The SMILES string of the molecule is CC(Sc1ncc(C(F)(F)F)cc1Cl)c1ccnc(N)n1. The topological polar surface area (TPSA) is 64.7 Å². The summed E-state index contributed by atoms with van der Waals surface area (Å²) in [7, 11) is 0. The van der Waals surface area contributed by atoms with Crippen molar-refractivity contribution in [2.24, 2.45) is 0 Å². The summed E-state index contributed by atoms with van der Waals surface area (Å²) in [6, 6.07) is 2.53. The van der Waals surface area contributed by atoms with Crippen molar-refractivity contribution in [3.63, 3.8) is 0 Å². The number of aromatic nitrogens is 3. The minimum absolute atomic E-state index is 0.0521. The summed E-state index contributed by atoms with van der Waals surface area (Å²) in [6.45, 7) is 1.82. The van der Waals surface area contributed by atoms with E-state index in [9.17, 15) is 13.2 Å². The molecule has 0 aromatic carbocycles. The molecule has 21 heavy (non-hydrogen) atoms. The van der Waals surface area contributed by atoms with E-state index in [1.165, 1.54) is 18.0 Å². The second-order valence-electron chi connectivity index (χ2n) is 4.11. The van der Waals surface area contributed by atoms with Crippen LogP contribution in [0.4, 0.5) is 19.1 Å². The highest BCUT2D eigenvalue weighted by atomic mass is 35.5. The molecule has 0 aliphatic rings. The zero-order valence-corrected chi connectivity index (χ0v) is 12.3. The van der Waals surface area contributed by atoms with Crippen LogP contribution in [0.2, 0.25) is 5.02 Å². The number of hydrogen-bond donors (Lipinski definition) is 1. The Morgan fingerprint density at radius 3 is 2.62 bits per heavy atom. The molecule has 2 rings (SSSR count). The number of hydrogen-bond acceptors (Lipinski definition) is 5. The van der Waals surface area contributed by atoms with Gasteiger partial charge in [-0.1, -0.05) is 23.4 Å². The van der Waals surface area contributed by atoms with Crippen LogP contribution in [0.1, 0.15) is 23.4 Å². The van der Waals surface area contributed by atoms with Crippen molar-refractivity contribution in [3.05, 3.63) is 40.8 Å². The van der Waals surface area contributed by atoms with Crippen molar-refractivity contribution in [2.45, 2.75) is 23.4 Å². The quantitative estimate of drug-likeness (QED) is 0.860. The minimum Gasteiger partial charge on any atom is -0.368 e. The highest BCUT2D eigenvalue weighted by Gasteiger charge is 2.31. The maximum absolute atomic E-state index is 12.5. The van der Waals surface area contributed by atoms with Crippen LogP contribution in [0.5, 0.6) is 0 Å². The van der Waals surface area contributed by atoms with Gasteiger partial charge in [-0.3, -0.25) is 0 Å². The van der Waals surface area contributed by atoms with Gasteiger partial charge in [-0.15, -0.1) is 0 Å². The molecule has 0 spiro atoms. The minimum atomic E-state index is -4.47. The van der Waals surface area contributed by atoms with E-state index in [4.69, 9.17) is 17.3 Å². The molecule has 0 radical (unpaired) electrons. The van der Waals surface area contributed by atoms with Crippen molar-refractivity contribution in [2.75, 3.05) is 5.73 Å². The Labute approximate surface area is 128 Å². The van der Waals surface area contributed by atoms with Gasteiger partial charge in [0.1, 0.15) is 5.03 Å². The zero-order chi connectivity index (χ0) is 15.6. The fraction of sp³-hybridized carbons (Fsp3) is 0.250. The fourth-order valence-electron chi connectivity index (χ4n) is 1.51. The Morgan fingerprint density at radius 2 is 2.05 bits per heavy atom. The summed E-state index contributed by atoms with van der Waals surface area (Å²) in [5.41, 5.74) is 5.25. The summed E-state index contributed by atoms with van der Waals surface area (Å²) in [5.74, 6) is 0.131. The highest BCUT2D eigenvalue weighted by molar-refractivity contribution is 7.99. The molecule has 2 aromatic heterocycles. The summed E-state index contributed by atoms with van der Waals surface area (Å²) in [4.78, 5) is 11.6. The molecular weight excluding hydrogens is 325 g/mol. The lowest BCUT2D eigenvalue weighted by molar-refractivity contribution is -0.137. The van der Waals surface area contributed by atoms with Crippen LogP contribution in [-0.4, -0.2) is 15.0 Å². The third-order valence-corrected chi connectivity index (χ3v) is 4.08. The van der Waals surface area contributed by atoms with Crippen LogP contribution in [0.25, 0.3) is 0 Å². The molecule has 0 saturated carbocycles. The second kappa shape index (κ2) is 6.07. The van der Waals surface area contributed by atoms with Crippen LogP contribution in [-0.2, 0) is 6.18 Å². The van der Waals surface area contributed by atoms with Gasteiger partial charge in [0.05, 0.1) is 21.5 Å². The Hall–Kier alpha value is -1.54. The molecule has 0 bridgehead atoms. The van der Waals surface area contributed by atoms with E-state index in [1.807, 2.05) is 6.92 Å². The smallest absolute Gasteiger partial charge is 0.368 e. The molecule has 0 fully saturated rings. The first kappa shape index (κ1) is 15.8. The summed E-state index contributed by atoms with van der Waals surface area (Å²) in [5, 5.41) is 0.0649. The average molecular weight is 335 g/mol. The number of nitrogens with two attached hydrogens (primary N) is 1. The molecule has 0 aliphatic carbocycles. The van der Waals surface area contributed by atoms with Gasteiger partial charge < -0.3 is 5.73 Å². The zero-order valence-electron chi connectivity index (χ0n) is 10.7. The highest BCUT2D eigenvalue weighted by Crippen LogP contribution is 2.38. The Morgan fingerprint density at radius 1 is 1.33 bits per heavy atom. The van der Waals surface area contributed by atoms with Gasteiger partial charge in [-0.05, 0) is 19.1 Å². The van der Waals surface area contributed by atoms with Crippen molar-refractivity contribution in [3.8, 4) is 0 Å². The molecule has 112 valence electrons. The van der Waals surface area contributed by atoms with Gasteiger partial charge in [0.15, 0.2) is 0 Å². The number of nitrogens with zero attached hydrogens (tertiary/aromatic N) is 3. The van der Waals surface area contributed by atoms with Crippen molar-refractivity contribution >= 4 is 29.3 Å².